The summed E-state index contributed by atoms with van der Waals surface area (Å²) >= 11 is 0. The standard InChI is InChI=1S/C26H27N3O4/c1-4-29(19-11-6-5-7-12-19)26(31)24-17(2)23-21(14-9-15-22(23)33-24)27-28-25(30)18-10-8-13-20(16-18)32-3/h5-8,10-13,16H,4,9,14-15H2,1-3H3,(H,28,30)/b27-21+. The summed E-state index contributed by atoms with van der Waals surface area (Å²) in [5, 5.41) is 4.40. The second-order valence-corrected chi connectivity index (χ2v) is 7.82. The van der Waals surface area contributed by atoms with Gasteiger partial charge in [-0.05, 0) is 57.0 Å². The van der Waals surface area contributed by atoms with Gasteiger partial charge in [0.15, 0.2) is 5.76 Å². The fraction of sp³-hybridized carbons (Fsp3) is 0.269. The highest BCUT2D eigenvalue weighted by Gasteiger charge is 2.30. The Bertz CT molecular complexity index is 1200. The topological polar surface area (TPSA) is 84.1 Å². The maximum atomic E-state index is 13.3. The number of nitrogens with zero attached hydrogens (tertiary/aromatic N) is 2. The van der Waals surface area contributed by atoms with Gasteiger partial charge in [-0.25, -0.2) is 5.43 Å². The maximum absolute atomic E-state index is 13.3. The van der Waals surface area contributed by atoms with Gasteiger partial charge in [-0.15, -0.1) is 0 Å². The van der Waals surface area contributed by atoms with E-state index in [-0.39, 0.29) is 11.8 Å². The van der Waals surface area contributed by atoms with Gasteiger partial charge in [0.05, 0.1) is 12.8 Å². The first-order chi connectivity index (χ1) is 16.0. The third-order valence-corrected chi connectivity index (χ3v) is 5.77. The number of carbonyl (C=O) groups excluding carboxylic acids is 2. The zero-order valence-electron chi connectivity index (χ0n) is 19.1. The van der Waals surface area contributed by atoms with Gasteiger partial charge in [-0.1, -0.05) is 24.3 Å². The molecule has 3 aromatic rings. The Balaban J connectivity index is 1.61. The minimum absolute atomic E-state index is 0.185. The SMILES string of the molecule is CCN(C(=O)c1oc2c(c1C)/C(=N/NC(=O)c1cccc(OC)c1)CCC2)c1ccccc1. The Kier molecular flexibility index (Phi) is 6.58. The van der Waals surface area contributed by atoms with Crippen LogP contribution in [0.4, 0.5) is 5.69 Å². The molecule has 0 spiro atoms. The van der Waals surface area contributed by atoms with Crippen LogP contribution in [-0.4, -0.2) is 31.2 Å². The number of hydrogen-bond donors (Lipinski definition) is 1. The van der Waals surface area contributed by atoms with E-state index in [1.807, 2.05) is 44.2 Å². The fourth-order valence-corrected chi connectivity index (χ4v) is 4.11. The molecule has 0 saturated carbocycles. The van der Waals surface area contributed by atoms with Crippen LogP contribution < -0.4 is 15.1 Å². The lowest BCUT2D eigenvalue weighted by Gasteiger charge is -2.20. The number of fused-ring (bicyclic) bond motifs is 1. The highest BCUT2D eigenvalue weighted by molar-refractivity contribution is 6.10. The van der Waals surface area contributed by atoms with Crippen LogP contribution in [0.1, 0.15) is 57.6 Å². The molecule has 0 radical (unpaired) electrons. The van der Waals surface area contributed by atoms with Crippen molar-refractivity contribution in [2.75, 3.05) is 18.6 Å². The highest BCUT2D eigenvalue weighted by Crippen LogP contribution is 2.31. The first-order valence-electron chi connectivity index (χ1n) is 11.0. The van der Waals surface area contributed by atoms with Crippen LogP contribution in [-0.2, 0) is 6.42 Å². The van der Waals surface area contributed by atoms with E-state index in [0.29, 0.717) is 30.0 Å². The van der Waals surface area contributed by atoms with Gasteiger partial charge in [-0.2, -0.15) is 5.10 Å². The normalized spacial score (nSPS) is 14.0. The minimum Gasteiger partial charge on any atom is -0.497 e. The zero-order chi connectivity index (χ0) is 23.4. The molecule has 7 nitrogen and oxygen atoms in total. The van der Waals surface area contributed by atoms with Crippen molar-refractivity contribution in [2.45, 2.75) is 33.1 Å². The first kappa shape index (κ1) is 22.3. The molecule has 33 heavy (non-hydrogen) atoms. The van der Waals surface area contributed by atoms with E-state index in [1.165, 1.54) is 0 Å². The predicted octanol–water partition coefficient (Wildman–Crippen LogP) is 4.73. The summed E-state index contributed by atoms with van der Waals surface area (Å²) in [5.41, 5.74) is 6.20. The van der Waals surface area contributed by atoms with Crippen LogP contribution >= 0.6 is 0 Å². The Morgan fingerprint density at radius 3 is 2.64 bits per heavy atom. The number of methoxy groups -OCH3 is 1. The average molecular weight is 446 g/mol. The third-order valence-electron chi connectivity index (χ3n) is 5.77. The molecule has 0 atom stereocenters. The van der Waals surface area contributed by atoms with Crippen molar-refractivity contribution in [3.05, 3.63) is 82.8 Å². The van der Waals surface area contributed by atoms with E-state index in [4.69, 9.17) is 9.15 Å². The Morgan fingerprint density at radius 2 is 1.91 bits per heavy atom. The number of hydrazone groups is 1. The average Bonchev–Trinajstić information content (AvgIpc) is 3.20. The summed E-state index contributed by atoms with van der Waals surface area (Å²) in [6, 6.07) is 16.4. The second kappa shape index (κ2) is 9.73. The summed E-state index contributed by atoms with van der Waals surface area (Å²) in [6.07, 6.45) is 2.25. The molecule has 0 aliphatic heterocycles. The van der Waals surface area contributed by atoms with E-state index in [0.717, 1.165) is 41.1 Å². The number of hydrogen-bond acceptors (Lipinski definition) is 5. The molecule has 1 aliphatic rings. The lowest BCUT2D eigenvalue weighted by atomic mass is 9.93. The van der Waals surface area contributed by atoms with E-state index in [1.54, 1.807) is 36.3 Å². The van der Waals surface area contributed by atoms with E-state index in [2.05, 4.69) is 10.5 Å². The predicted molar refractivity (Wildman–Crippen MR) is 127 cm³/mol. The summed E-state index contributed by atoms with van der Waals surface area (Å²) in [6.45, 7) is 4.33. The summed E-state index contributed by atoms with van der Waals surface area (Å²) in [5.74, 6) is 1.14. The molecule has 1 aromatic heterocycles. The quantitative estimate of drug-likeness (QED) is 0.556. The van der Waals surface area contributed by atoms with E-state index >= 15 is 0 Å². The van der Waals surface area contributed by atoms with Gasteiger partial charge in [0.2, 0.25) is 0 Å². The monoisotopic (exact) mass is 445 g/mol. The number of rotatable bonds is 6. The summed E-state index contributed by atoms with van der Waals surface area (Å²) in [7, 11) is 1.55. The summed E-state index contributed by atoms with van der Waals surface area (Å²) in [4.78, 5) is 27.6. The molecule has 1 heterocycles. The van der Waals surface area contributed by atoms with Crippen LogP contribution in [0.3, 0.4) is 0 Å². The van der Waals surface area contributed by atoms with Crippen molar-refractivity contribution in [3.8, 4) is 5.75 Å². The number of anilines is 1. The molecule has 1 aliphatic carbocycles. The Hall–Kier alpha value is -3.87. The van der Waals surface area contributed by atoms with Gasteiger partial charge in [0.1, 0.15) is 11.5 Å². The first-order valence-corrected chi connectivity index (χ1v) is 11.0. The van der Waals surface area contributed by atoms with E-state index in [9.17, 15) is 9.59 Å². The number of carbonyl (C=O) groups is 2. The number of aryl methyl sites for hydroxylation is 1. The number of nitrogens with one attached hydrogen (secondary N) is 1. The number of ether oxygens (including phenoxy) is 1. The Morgan fingerprint density at radius 1 is 1.12 bits per heavy atom. The van der Waals surface area contributed by atoms with Gasteiger partial charge in [0, 0.05) is 35.3 Å². The van der Waals surface area contributed by atoms with Crippen molar-refractivity contribution >= 4 is 23.2 Å². The molecule has 0 fully saturated rings. The highest BCUT2D eigenvalue weighted by atomic mass is 16.5. The van der Waals surface area contributed by atoms with Crippen LogP contribution in [0.25, 0.3) is 0 Å². The van der Waals surface area contributed by atoms with Crippen molar-refractivity contribution in [2.24, 2.45) is 5.10 Å². The number of para-hydroxylation sites is 1. The number of amides is 2. The summed E-state index contributed by atoms with van der Waals surface area (Å²) < 4.78 is 11.2. The van der Waals surface area contributed by atoms with Gasteiger partial charge in [0.25, 0.3) is 11.8 Å². The molecule has 4 rings (SSSR count). The van der Waals surface area contributed by atoms with Crippen LogP contribution in [0.5, 0.6) is 5.75 Å². The van der Waals surface area contributed by atoms with Crippen molar-refractivity contribution < 1.29 is 18.7 Å². The third kappa shape index (κ3) is 4.53. The molecule has 2 amide bonds. The lowest BCUT2D eigenvalue weighted by molar-refractivity contribution is 0.0949. The number of benzene rings is 2. The largest absolute Gasteiger partial charge is 0.497 e. The molecule has 0 bridgehead atoms. The van der Waals surface area contributed by atoms with E-state index < -0.39 is 0 Å². The minimum atomic E-state index is -0.327. The zero-order valence-corrected chi connectivity index (χ0v) is 19.1. The van der Waals surface area contributed by atoms with Crippen molar-refractivity contribution in [1.29, 1.82) is 0 Å². The van der Waals surface area contributed by atoms with Crippen LogP contribution in [0.2, 0.25) is 0 Å². The Labute approximate surface area is 193 Å². The van der Waals surface area contributed by atoms with Gasteiger partial charge in [-0.3, -0.25) is 9.59 Å². The van der Waals surface area contributed by atoms with Crippen molar-refractivity contribution in [3.63, 3.8) is 0 Å². The van der Waals surface area contributed by atoms with Crippen molar-refractivity contribution in [1.82, 2.24) is 5.43 Å². The molecule has 0 unspecified atom stereocenters. The molecule has 2 aromatic carbocycles. The van der Waals surface area contributed by atoms with Gasteiger partial charge < -0.3 is 14.1 Å². The van der Waals surface area contributed by atoms with Crippen LogP contribution in [0, 0.1) is 6.92 Å². The number of furan rings is 1. The maximum Gasteiger partial charge on any atom is 0.294 e. The lowest BCUT2D eigenvalue weighted by Crippen LogP contribution is -2.30. The fourth-order valence-electron chi connectivity index (χ4n) is 4.11. The van der Waals surface area contributed by atoms with Crippen LogP contribution in [0.15, 0.2) is 64.1 Å². The molecule has 1 N–H and O–H groups in total. The second-order valence-electron chi connectivity index (χ2n) is 7.82. The molecule has 0 saturated heterocycles. The molecular weight excluding hydrogens is 418 g/mol. The smallest absolute Gasteiger partial charge is 0.294 e. The molecule has 170 valence electrons. The molecular formula is C26H27N3O4. The van der Waals surface area contributed by atoms with Gasteiger partial charge >= 0.3 is 0 Å². The molecule has 7 heteroatoms.